The summed E-state index contributed by atoms with van der Waals surface area (Å²) in [6.07, 6.45) is 5.82. The molecule has 0 unspecified atom stereocenters. The monoisotopic (exact) mass is 1810 g/mol. The lowest BCUT2D eigenvalue weighted by molar-refractivity contribution is -0.147. The number of fused-ring (bicyclic) bond motifs is 6. The maximum Gasteiger partial charge on any atom is 0.407 e. The average Bonchev–Trinajstić information content (AvgIpc) is 1.62. The Morgan fingerprint density at radius 3 is 1.27 bits per heavy atom. The number of rotatable bonds is 36. The molecule has 41 nitrogen and oxygen atoms in total. The quantitative estimate of drug-likeness (QED) is 0.00990. The van der Waals surface area contributed by atoms with E-state index in [1.807, 2.05) is 102 Å². The summed E-state index contributed by atoms with van der Waals surface area (Å²) in [4.78, 5) is 164. The van der Waals surface area contributed by atoms with E-state index in [0.29, 0.717) is 121 Å². The number of aliphatic carboxylic acids is 2. The first kappa shape index (κ1) is 112. The van der Waals surface area contributed by atoms with Gasteiger partial charge in [0.05, 0.1) is 32.6 Å². The smallest absolute Gasteiger partial charge is 0.407 e. The zero-order valence-electron chi connectivity index (χ0n) is 76.3. The highest BCUT2D eigenvalue weighted by Crippen LogP contribution is 2.46. The normalized spacial score (nSPS) is 15.9. The molecular formula is C88H138N22O19. The van der Waals surface area contributed by atoms with E-state index in [9.17, 15) is 67.4 Å². The highest BCUT2D eigenvalue weighted by molar-refractivity contribution is 6.00. The summed E-state index contributed by atoms with van der Waals surface area (Å²) in [7, 11) is 6.03. The molecule has 2 heterocycles. The van der Waals surface area contributed by atoms with Gasteiger partial charge in [-0.05, 0) is 134 Å². The maximum absolute atomic E-state index is 12.6. The van der Waals surface area contributed by atoms with Gasteiger partial charge in [-0.15, -0.1) is 0 Å². The van der Waals surface area contributed by atoms with E-state index in [-0.39, 0.29) is 98.5 Å². The fourth-order valence-electron chi connectivity index (χ4n) is 13.7. The lowest BCUT2D eigenvalue weighted by atomic mass is 9.90. The van der Waals surface area contributed by atoms with Gasteiger partial charge in [-0.3, -0.25) is 62.9 Å². The molecule has 41 heteroatoms. The predicted octanol–water partition coefficient (Wildman–Crippen LogP) is 0.941. The Bertz CT molecular complexity index is 4310. The van der Waals surface area contributed by atoms with Crippen molar-refractivity contribution in [2.24, 2.45) is 49.4 Å². The second-order valence-electron chi connectivity index (χ2n) is 29.5. The number of nitrogens with zero attached hydrogens (tertiary/aromatic N) is 3. The number of benzene rings is 4. The second kappa shape index (κ2) is 59.7. The van der Waals surface area contributed by atoms with Crippen molar-refractivity contribution in [3.05, 3.63) is 132 Å². The molecule has 2 aliphatic heterocycles. The van der Waals surface area contributed by atoms with Crippen LogP contribution in [0.25, 0.3) is 22.3 Å². The summed E-state index contributed by atoms with van der Waals surface area (Å²) in [6, 6.07) is 29.4. The molecule has 2 fully saturated rings. The van der Waals surface area contributed by atoms with Crippen LogP contribution in [-0.2, 0) is 71.7 Å². The van der Waals surface area contributed by atoms with Crippen molar-refractivity contribution in [3.8, 4) is 22.3 Å². The Kier molecular flexibility index (Phi) is 51.8. The lowest BCUT2D eigenvalue weighted by Gasteiger charge is -2.32. The summed E-state index contributed by atoms with van der Waals surface area (Å²) in [5, 5.41) is 61.5. The number of methoxy groups -OCH3 is 1. The lowest BCUT2D eigenvalue weighted by Crippen LogP contribution is -2.61. The van der Waals surface area contributed by atoms with E-state index in [0.717, 1.165) is 28.7 Å². The number of hydrogen-bond donors (Lipinski definition) is 22. The molecule has 4 atom stereocenters. The Morgan fingerprint density at radius 2 is 0.930 bits per heavy atom. The molecule has 714 valence electrons. The molecule has 0 aromatic heterocycles. The Hall–Kier alpha value is -13.2. The standard InChI is InChI=1S/C17H15NO4.C16H14O3.C15H30N6O4.C15H28N6O3.C15H27N5O3.C8H18N4O2.C2H6/c19-16(20)9-18-17(21)22-10-15-13-7-3-1-5-11(13)12-6-2-4-8-14(12)15;17-9-16(18)19-10-15-13-7-3-1-5-11(13)12-6-2-4-8-14(12)15;1-4-15(5-2,21-11(22)9-16)13(25)20-10(12(23)24)7-6-8-19-14(17)18-3;1-4-15(5-2)13(24)20-10(7-6-8-18-14(16)17-3)12(23)19-9-11(22)21-15;1-4-15(5-2)14(23)19-11(7-6-8-17-10(3)16)13(22)18-9-12(21)20-15;1-11-8(10)12-5-3-4-6(9)7(13)14-2;1-2/h1-8,15H,9-10H2,(H,18,21)(H,19,20);1-8,15,17H,9-10H2;10H,4-9,16H2,1-3H3,(H,20,25)(H,21,22)(H,23,24)(H3,17,18,19);10H,4-9H2,1-3H3,(H,19,23)(H,20,24)(H,21,22)(H3,16,17,18);11,17H,3-9,16H2,1-2H3,(H,18,22)(H,19,23)(H,20,21);6H,3-5,9H2,1-2H3,(H3,10,11,12);1-2H3/t;;2*10-;11-;6-;/m..0000./s1. The maximum atomic E-state index is 12.6. The van der Waals surface area contributed by atoms with Gasteiger partial charge in [-0.25, -0.2) is 14.4 Å². The van der Waals surface area contributed by atoms with Gasteiger partial charge in [0.15, 0.2) is 17.9 Å². The van der Waals surface area contributed by atoms with Gasteiger partial charge >= 0.3 is 30.0 Å². The number of ether oxygens (including phenoxy) is 3. The number of aliphatic imine (C=N–C) groups is 3. The molecule has 0 bridgehead atoms. The number of nitrogens with one attached hydrogen (secondary N) is 13. The Balaban J connectivity index is 0.000000525. The highest BCUT2D eigenvalue weighted by Gasteiger charge is 2.43. The number of alkyl carbamates (subject to hydrolysis) is 1. The van der Waals surface area contributed by atoms with Gasteiger partial charge in [0.1, 0.15) is 67.1 Å². The average molecular weight is 1810 g/mol. The van der Waals surface area contributed by atoms with Crippen LogP contribution in [0.2, 0.25) is 0 Å². The van der Waals surface area contributed by atoms with Crippen LogP contribution in [0.15, 0.2) is 124 Å². The van der Waals surface area contributed by atoms with Crippen LogP contribution in [0, 0.1) is 0 Å². The third kappa shape index (κ3) is 37.0. The van der Waals surface area contributed by atoms with Gasteiger partial charge in [0.25, 0.3) is 0 Å². The van der Waals surface area contributed by atoms with Gasteiger partial charge in [-0.1, -0.05) is 159 Å². The van der Waals surface area contributed by atoms with Gasteiger partial charge in [0.2, 0.25) is 47.3 Å². The van der Waals surface area contributed by atoms with Crippen LogP contribution in [0.4, 0.5) is 4.79 Å². The number of carbonyl (C=O) groups is 13. The van der Waals surface area contributed by atoms with E-state index < -0.39 is 89.8 Å². The third-order valence-electron chi connectivity index (χ3n) is 21.4. The van der Waals surface area contributed by atoms with Crippen molar-refractivity contribution in [1.82, 2.24) is 69.1 Å². The number of aliphatic hydroxyl groups excluding tert-OH is 1. The molecule has 2 saturated heterocycles. The molecule has 28 N–H and O–H groups in total. The van der Waals surface area contributed by atoms with Crippen molar-refractivity contribution in [2.45, 2.75) is 198 Å². The van der Waals surface area contributed by atoms with E-state index in [1.54, 1.807) is 27.9 Å². The summed E-state index contributed by atoms with van der Waals surface area (Å²) in [5.41, 5.74) is 38.8. The second-order valence-corrected chi connectivity index (χ2v) is 29.5. The number of aliphatic hydroxyl groups is 1. The van der Waals surface area contributed by atoms with Crippen molar-refractivity contribution in [1.29, 1.82) is 0 Å². The SMILES string of the molecule is C=C(N)NCCC[C@@H]1NC(=O)C(CC)(CC)NC(=O)CNC1=O.CC.CCC(CC)(NC(=O)CN)C(=O)N[C@@H](CCCNC(N)=NC)C(=O)O.CCC1(CC)NC(=O)CNC(=O)[C@H](CCCNC(N)=NC)NC1=O.CN=C(N)NCCC[C@H](N)C(=O)OC.O=C(CO)OCC1c2ccccc2-c2ccccc21.O=C(O)CNC(=O)OCC1c2ccccc2-c2ccccc21. The fraction of sp³-hybridized carbons (Fsp3) is 0.523. The summed E-state index contributed by atoms with van der Waals surface area (Å²) < 4.78 is 14.8. The van der Waals surface area contributed by atoms with Crippen LogP contribution >= 0.6 is 0 Å². The third-order valence-corrected chi connectivity index (χ3v) is 21.4. The van der Waals surface area contributed by atoms with Crippen molar-refractivity contribution in [3.63, 3.8) is 0 Å². The molecule has 0 radical (unpaired) electrons. The Morgan fingerprint density at radius 1 is 0.558 bits per heavy atom. The minimum absolute atomic E-state index is 0.0250. The molecule has 2 aliphatic carbocycles. The Labute approximate surface area is 754 Å². The van der Waals surface area contributed by atoms with Crippen LogP contribution in [0.1, 0.15) is 179 Å². The zero-order chi connectivity index (χ0) is 96.8. The van der Waals surface area contributed by atoms with E-state index in [1.165, 1.54) is 36.4 Å². The summed E-state index contributed by atoms with van der Waals surface area (Å²) >= 11 is 0. The number of amides is 9. The molecule has 0 saturated carbocycles. The van der Waals surface area contributed by atoms with Crippen LogP contribution < -0.4 is 104 Å². The van der Waals surface area contributed by atoms with Gasteiger partial charge in [-0.2, -0.15) is 0 Å². The van der Waals surface area contributed by atoms with Crippen molar-refractivity contribution in [2.75, 3.05) is 100 Å². The highest BCUT2D eigenvalue weighted by atomic mass is 16.6. The molecule has 129 heavy (non-hydrogen) atoms. The molecule has 0 spiro atoms. The number of hydrogen-bond acceptors (Lipinski definition) is 24. The largest absolute Gasteiger partial charge is 0.480 e. The number of carboxylic acids is 2. The van der Waals surface area contributed by atoms with Gasteiger partial charge < -0.3 is 133 Å². The first-order chi connectivity index (χ1) is 61.6. The van der Waals surface area contributed by atoms with Crippen LogP contribution in [-0.4, -0.2) is 252 Å². The minimum Gasteiger partial charge on any atom is -0.480 e. The fourth-order valence-corrected chi connectivity index (χ4v) is 13.7. The zero-order valence-corrected chi connectivity index (χ0v) is 76.3. The number of carbonyl (C=O) groups excluding carboxylic acids is 11. The molecule has 4 aromatic carbocycles. The molecular weight excluding hydrogens is 1670 g/mol. The van der Waals surface area contributed by atoms with Crippen molar-refractivity contribution >= 4 is 95.1 Å². The van der Waals surface area contributed by atoms with E-state index in [4.69, 9.17) is 54.1 Å². The predicted molar refractivity (Wildman–Crippen MR) is 492 cm³/mol. The minimum atomic E-state index is -1.18. The summed E-state index contributed by atoms with van der Waals surface area (Å²) in [5.74, 6) is -4.95. The number of guanidine groups is 3. The van der Waals surface area contributed by atoms with E-state index in [2.05, 4.69) is 132 Å². The van der Waals surface area contributed by atoms with E-state index >= 15 is 0 Å². The first-order valence-electron chi connectivity index (χ1n) is 43.1. The topological polar surface area (TPSA) is 660 Å². The number of esters is 2. The molecule has 9 amide bonds. The van der Waals surface area contributed by atoms with Crippen LogP contribution in [0.5, 0.6) is 0 Å². The number of nitrogens with two attached hydrogens (primary N) is 6. The molecule has 8 rings (SSSR count). The van der Waals surface area contributed by atoms with Crippen molar-refractivity contribution < 1.29 is 91.9 Å². The van der Waals surface area contributed by atoms with Crippen LogP contribution in [0.3, 0.4) is 0 Å². The number of carboxylic acid groups (broad SMARTS) is 2. The molecule has 4 aromatic rings. The first-order valence-corrected chi connectivity index (χ1v) is 43.1. The summed E-state index contributed by atoms with van der Waals surface area (Å²) in [6.45, 7) is 19.4. The molecule has 4 aliphatic rings. The van der Waals surface area contributed by atoms with Gasteiger partial charge in [0, 0.05) is 59.2 Å².